The molecule has 0 atom stereocenters. The van der Waals surface area contributed by atoms with Crippen LogP contribution in [0.5, 0.6) is 0 Å². The van der Waals surface area contributed by atoms with E-state index in [9.17, 15) is 0 Å². The fourth-order valence-electron chi connectivity index (χ4n) is 3.86. The molecule has 2 heterocycles. The lowest BCUT2D eigenvalue weighted by molar-refractivity contribution is 0.412. The Morgan fingerprint density at radius 2 is 1.46 bits per heavy atom. The minimum atomic E-state index is 0.667. The van der Waals surface area contributed by atoms with Gasteiger partial charge in [-0.05, 0) is 37.8 Å². The van der Waals surface area contributed by atoms with E-state index in [0.717, 1.165) is 47.2 Å². The number of aromatic nitrogens is 2. The molecule has 1 aliphatic heterocycles. The molecule has 1 saturated carbocycles. The van der Waals surface area contributed by atoms with Gasteiger partial charge in [-0.3, -0.25) is 0 Å². The molecule has 1 N–H and O–H groups in total. The van der Waals surface area contributed by atoms with Crippen LogP contribution in [0.4, 0.5) is 5.82 Å². The molecular weight excluding hydrogens is 320 g/mol. The summed E-state index contributed by atoms with van der Waals surface area (Å²) in [5, 5.41) is 4.93. The Morgan fingerprint density at radius 3 is 2.23 bits per heavy atom. The Bertz CT molecular complexity index is 896. The number of nitrogens with one attached hydrogen (secondary N) is 1. The standard InChI is InChI=1S/C22H24N4/c1-2-6-16(7-3-1)21-24-20-9-5-4-8-19(20)22(25-21)26-14-12-18(13-15-26)23-17-10-11-17/h1-9,17-18,23H,10-15H2. The van der Waals surface area contributed by atoms with Gasteiger partial charge in [0.2, 0.25) is 0 Å². The predicted molar refractivity (Wildman–Crippen MR) is 106 cm³/mol. The second-order valence-electron chi connectivity index (χ2n) is 7.46. The molecule has 0 spiro atoms. The Hall–Kier alpha value is -2.46. The number of hydrogen-bond acceptors (Lipinski definition) is 4. The summed E-state index contributed by atoms with van der Waals surface area (Å²) in [5.74, 6) is 1.90. The van der Waals surface area contributed by atoms with Crippen LogP contribution in [-0.4, -0.2) is 35.1 Å². The van der Waals surface area contributed by atoms with E-state index in [-0.39, 0.29) is 0 Å². The second kappa shape index (κ2) is 6.69. The average molecular weight is 344 g/mol. The summed E-state index contributed by atoms with van der Waals surface area (Å²) < 4.78 is 0. The van der Waals surface area contributed by atoms with Crippen LogP contribution in [0.15, 0.2) is 54.6 Å². The van der Waals surface area contributed by atoms with E-state index < -0.39 is 0 Å². The van der Waals surface area contributed by atoms with Gasteiger partial charge in [-0.25, -0.2) is 9.97 Å². The monoisotopic (exact) mass is 344 g/mol. The van der Waals surface area contributed by atoms with Crippen molar-refractivity contribution in [3.63, 3.8) is 0 Å². The number of fused-ring (bicyclic) bond motifs is 1. The van der Waals surface area contributed by atoms with E-state index in [1.165, 1.54) is 25.7 Å². The van der Waals surface area contributed by atoms with Gasteiger partial charge in [0.1, 0.15) is 5.82 Å². The number of benzene rings is 2. The molecule has 5 rings (SSSR count). The van der Waals surface area contributed by atoms with Crippen molar-refractivity contribution in [3.05, 3.63) is 54.6 Å². The Labute approximate surface area is 154 Å². The zero-order chi connectivity index (χ0) is 17.3. The topological polar surface area (TPSA) is 41.1 Å². The van der Waals surface area contributed by atoms with Crippen LogP contribution in [0.3, 0.4) is 0 Å². The van der Waals surface area contributed by atoms with E-state index in [4.69, 9.17) is 9.97 Å². The van der Waals surface area contributed by atoms with E-state index in [1.54, 1.807) is 0 Å². The first-order valence-electron chi connectivity index (χ1n) is 9.70. The van der Waals surface area contributed by atoms with Crippen molar-refractivity contribution in [3.8, 4) is 11.4 Å². The first-order valence-corrected chi connectivity index (χ1v) is 9.70. The summed E-state index contributed by atoms with van der Waals surface area (Å²) in [6.07, 6.45) is 5.10. The van der Waals surface area contributed by atoms with Gasteiger partial charge in [0, 0.05) is 36.1 Å². The van der Waals surface area contributed by atoms with Gasteiger partial charge < -0.3 is 10.2 Å². The number of rotatable bonds is 4. The summed E-state index contributed by atoms with van der Waals surface area (Å²) >= 11 is 0. The van der Waals surface area contributed by atoms with Crippen molar-refractivity contribution in [2.24, 2.45) is 0 Å². The fraction of sp³-hybridized carbons (Fsp3) is 0.364. The molecular formula is C22H24N4. The Balaban J connectivity index is 1.48. The van der Waals surface area contributed by atoms with Gasteiger partial charge in [0.05, 0.1) is 5.52 Å². The lowest BCUT2D eigenvalue weighted by atomic mass is 10.0. The second-order valence-corrected chi connectivity index (χ2v) is 7.46. The highest BCUT2D eigenvalue weighted by Gasteiger charge is 2.28. The molecule has 0 unspecified atom stereocenters. The molecule has 26 heavy (non-hydrogen) atoms. The SMILES string of the molecule is c1ccc(-c2nc(N3CCC(NC4CC4)CC3)c3ccccc3n2)cc1. The highest BCUT2D eigenvalue weighted by atomic mass is 15.2. The van der Waals surface area contributed by atoms with Crippen LogP contribution in [-0.2, 0) is 0 Å². The summed E-state index contributed by atoms with van der Waals surface area (Å²) in [7, 11) is 0. The van der Waals surface area contributed by atoms with Gasteiger partial charge in [0.15, 0.2) is 5.82 Å². The molecule has 0 bridgehead atoms. The maximum Gasteiger partial charge on any atom is 0.162 e. The zero-order valence-corrected chi connectivity index (χ0v) is 14.9. The highest BCUT2D eigenvalue weighted by molar-refractivity contribution is 5.91. The van der Waals surface area contributed by atoms with Crippen molar-refractivity contribution in [2.75, 3.05) is 18.0 Å². The van der Waals surface area contributed by atoms with Crippen LogP contribution in [0, 0.1) is 0 Å². The lowest BCUT2D eigenvalue weighted by Gasteiger charge is -2.34. The summed E-state index contributed by atoms with van der Waals surface area (Å²) in [5.41, 5.74) is 2.10. The van der Waals surface area contributed by atoms with Gasteiger partial charge in [-0.15, -0.1) is 0 Å². The van der Waals surface area contributed by atoms with Gasteiger partial charge in [0.25, 0.3) is 0 Å². The van der Waals surface area contributed by atoms with Crippen LogP contribution in [0.1, 0.15) is 25.7 Å². The third-order valence-corrected chi connectivity index (χ3v) is 5.46. The molecule has 4 heteroatoms. The van der Waals surface area contributed by atoms with Crippen molar-refractivity contribution >= 4 is 16.7 Å². The smallest absolute Gasteiger partial charge is 0.162 e. The number of para-hydroxylation sites is 1. The van der Waals surface area contributed by atoms with Gasteiger partial charge in [-0.2, -0.15) is 0 Å². The molecule has 132 valence electrons. The number of anilines is 1. The predicted octanol–water partition coefficient (Wildman–Crippen LogP) is 4.02. The Kier molecular flexibility index (Phi) is 4.06. The molecule has 3 aromatic rings. The molecule has 0 radical (unpaired) electrons. The lowest BCUT2D eigenvalue weighted by Crippen LogP contribution is -2.43. The van der Waals surface area contributed by atoms with Crippen molar-refractivity contribution in [1.29, 1.82) is 0 Å². The van der Waals surface area contributed by atoms with E-state index >= 15 is 0 Å². The molecule has 2 aromatic carbocycles. The molecule has 2 fully saturated rings. The molecule has 2 aliphatic rings. The van der Waals surface area contributed by atoms with Crippen molar-refractivity contribution in [2.45, 2.75) is 37.8 Å². The molecule has 1 aromatic heterocycles. The minimum Gasteiger partial charge on any atom is -0.356 e. The van der Waals surface area contributed by atoms with Crippen LogP contribution >= 0.6 is 0 Å². The summed E-state index contributed by atoms with van der Waals surface area (Å²) in [6, 6.07) is 20.1. The summed E-state index contributed by atoms with van der Waals surface area (Å²) in [6.45, 7) is 2.11. The third-order valence-electron chi connectivity index (χ3n) is 5.46. The number of piperidine rings is 1. The number of nitrogens with zero attached hydrogens (tertiary/aromatic N) is 3. The van der Waals surface area contributed by atoms with Crippen LogP contribution in [0.25, 0.3) is 22.3 Å². The highest BCUT2D eigenvalue weighted by Crippen LogP contribution is 2.30. The van der Waals surface area contributed by atoms with E-state index in [2.05, 4.69) is 46.6 Å². The third kappa shape index (κ3) is 3.17. The van der Waals surface area contributed by atoms with Crippen LogP contribution in [0.2, 0.25) is 0 Å². The fourth-order valence-corrected chi connectivity index (χ4v) is 3.86. The Morgan fingerprint density at radius 1 is 0.769 bits per heavy atom. The van der Waals surface area contributed by atoms with Crippen molar-refractivity contribution in [1.82, 2.24) is 15.3 Å². The van der Waals surface area contributed by atoms with Gasteiger partial charge >= 0.3 is 0 Å². The van der Waals surface area contributed by atoms with Crippen molar-refractivity contribution < 1.29 is 0 Å². The van der Waals surface area contributed by atoms with Crippen LogP contribution < -0.4 is 10.2 Å². The molecule has 1 saturated heterocycles. The largest absolute Gasteiger partial charge is 0.356 e. The quantitative estimate of drug-likeness (QED) is 0.776. The first kappa shape index (κ1) is 15.8. The minimum absolute atomic E-state index is 0.667. The van der Waals surface area contributed by atoms with E-state index in [1.807, 2.05) is 18.2 Å². The van der Waals surface area contributed by atoms with Gasteiger partial charge in [-0.1, -0.05) is 42.5 Å². The average Bonchev–Trinajstić information content (AvgIpc) is 3.52. The zero-order valence-electron chi connectivity index (χ0n) is 14.9. The normalized spacial score (nSPS) is 18.4. The molecule has 1 aliphatic carbocycles. The number of hydrogen-bond donors (Lipinski definition) is 1. The first-order chi connectivity index (χ1) is 12.9. The van der Waals surface area contributed by atoms with E-state index in [0.29, 0.717) is 6.04 Å². The molecule has 0 amide bonds. The molecule has 4 nitrogen and oxygen atoms in total. The maximum absolute atomic E-state index is 4.99. The maximum atomic E-state index is 4.99. The summed E-state index contributed by atoms with van der Waals surface area (Å²) in [4.78, 5) is 12.2.